The third-order valence-electron chi connectivity index (χ3n) is 5.25. The second kappa shape index (κ2) is 7.89. The summed E-state index contributed by atoms with van der Waals surface area (Å²) in [5.41, 5.74) is 3.82. The summed E-state index contributed by atoms with van der Waals surface area (Å²) >= 11 is 0. The Morgan fingerprint density at radius 3 is 2.60 bits per heavy atom. The predicted octanol–water partition coefficient (Wildman–Crippen LogP) is 3.92. The summed E-state index contributed by atoms with van der Waals surface area (Å²) in [7, 11) is 0. The SMILES string of the molecule is CC(C)(C)CC(=O)NC(=O)c1n[nH]c2ccc(-c3cncc(N4CCCC4)c3)cc12. The number of amides is 2. The number of pyridine rings is 1. The van der Waals surface area contributed by atoms with E-state index in [4.69, 9.17) is 0 Å². The molecule has 0 unspecified atom stereocenters. The topological polar surface area (TPSA) is 91.0 Å². The summed E-state index contributed by atoms with van der Waals surface area (Å²) in [6.45, 7) is 7.98. The van der Waals surface area contributed by atoms with E-state index in [0.29, 0.717) is 5.39 Å². The molecule has 1 fully saturated rings. The average Bonchev–Trinajstić information content (AvgIpc) is 3.36. The van der Waals surface area contributed by atoms with Crippen LogP contribution in [-0.4, -0.2) is 40.1 Å². The lowest BCUT2D eigenvalue weighted by molar-refractivity contribution is -0.121. The quantitative estimate of drug-likeness (QED) is 0.687. The van der Waals surface area contributed by atoms with Crippen molar-refractivity contribution < 1.29 is 9.59 Å². The van der Waals surface area contributed by atoms with Crippen LogP contribution in [0.15, 0.2) is 36.7 Å². The van der Waals surface area contributed by atoms with Crippen LogP contribution < -0.4 is 10.2 Å². The summed E-state index contributed by atoms with van der Waals surface area (Å²) in [6.07, 6.45) is 6.40. The maximum Gasteiger partial charge on any atom is 0.278 e. The lowest BCUT2D eigenvalue weighted by Gasteiger charge is -2.17. The zero-order valence-electron chi connectivity index (χ0n) is 17.7. The monoisotopic (exact) mass is 405 g/mol. The third-order valence-corrected chi connectivity index (χ3v) is 5.25. The van der Waals surface area contributed by atoms with Gasteiger partial charge in [0.15, 0.2) is 5.69 Å². The van der Waals surface area contributed by atoms with Gasteiger partial charge in [-0.15, -0.1) is 0 Å². The van der Waals surface area contributed by atoms with Crippen LogP contribution in [-0.2, 0) is 4.79 Å². The molecule has 0 spiro atoms. The molecule has 7 nitrogen and oxygen atoms in total. The molecule has 3 aromatic rings. The smallest absolute Gasteiger partial charge is 0.278 e. The van der Waals surface area contributed by atoms with E-state index in [-0.39, 0.29) is 23.4 Å². The molecule has 4 rings (SSSR count). The number of carbonyl (C=O) groups is 2. The fourth-order valence-electron chi connectivity index (χ4n) is 3.81. The fraction of sp³-hybridized carbons (Fsp3) is 0.391. The van der Waals surface area contributed by atoms with Gasteiger partial charge in [0.25, 0.3) is 5.91 Å². The molecule has 2 aromatic heterocycles. The Labute approximate surface area is 175 Å². The number of nitrogens with one attached hydrogen (secondary N) is 2. The number of H-pyrrole nitrogens is 1. The first kappa shape index (κ1) is 20.1. The molecule has 0 aliphatic carbocycles. The van der Waals surface area contributed by atoms with Crippen molar-refractivity contribution in [3.8, 4) is 11.1 Å². The minimum atomic E-state index is -0.489. The van der Waals surface area contributed by atoms with Crippen LogP contribution in [0.2, 0.25) is 0 Å². The number of nitrogens with zero attached hydrogens (tertiary/aromatic N) is 3. The summed E-state index contributed by atoms with van der Waals surface area (Å²) in [4.78, 5) is 31.6. The second-order valence-electron chi connectivity index (χ2n) is 9.07. The van der Waals surface area contributed by atoms with Crippen LogP contribution >= 0.6 is 0 Å². The number of aromatic amines is 1. The Kier molecular flexibility index (Phi) is 5.28. The number of imide groups is 1. The highest BCUT2D eigenvalue weighted by molar-refractivity contribution is 6.11. The number of hydrogen-bond donors (Lipinski definition) is 2. The highest BCUT2D eigenvalue weighted by Gasteiger charge is 2.21. The van der Waals surface area contributed by atoms with E-state index in [1.54, 1.807) is 0 Å². The molecule has 0 radical (unpaired) electrons. The molecule has 1 aromatic carbocycles. The summed E-state index contributed by atoms with van der Waals surface area (Å²) in [5.74, 6) is -0.793. The number of carbonyl (C=O) groups excluding carboxylic acids is 2. The molecular formula is C23H27N5O2. The molecule has 1 aliphatic rings. The van der Waals surface area contributed by atoms with Crippen molar-refractivity contribution in [1.82, 2.24) is 20.5 Å². The van der Waals surface area contributed by atoms with Gasteiger partial charge in [0.1, 0.15) is 0 Å². The van der Waals surface area contributed by atoms with Gasteiger partial charge in [-0.3, -0.25) is 25.0 Å². The number of fused-ring (bicyclic) bond motifs is 1. The molecule has 0 bridgehead atoms. The van der Waals surface area contributed by atoms with Gasteiger partial charge >= 0.3 is 0 Å². The van der Waals surface area contributed by atoms with Crippen LogP contribution in [0.3, 0.4) is 0 Å². The van der Waals surface area contributed by atoms with Gasteiger partial charge in [0, 0.05) is 36.7 Å². The zero-order valence-corrected chi connectivity index (χ0v) is 17.7. The molecule has 2 amide bonds. The molecule has 2 N–H and O–H groups in total. The van der Waals surface area contributed by atoms with E-state index in [0.717, 1.165) is 35.4 Å². The van der Waals surface area contributed by atoms with Crippen molar-refractivity contribution in [1.29, 1.82) is 0 Å². The Hall–Kier alpha value is -3.22. The van der Waals surface area contributed by atoms with Gasteiger partial charge in [-0.25, -0.2) is 0 Å². The third kappa shape index (κ3) is 4.35. The van der Waals surface area contributed by atoms with E-state index in [1.807, 2.05) is 51.4 Å². The lowest BCUT2D eigenvalue weighted by atomic mass is 9.92. The largest absolute Gasteiger partial charge is 0.370 e. The fourth-order valence-corrected chi connectivity index (χ4v) is 3.81. The number of hydrogen-bond acceptors (Lipinski definition) is 5. The van der Waals surface area contributed by atoms with Crippen molar-refractivity contribution in [2.45, 2.75) is 40.0 Å². The van der Waals surface area contributed by atoms with Crippen molar-refractivity contribution >= 4 is 28.4 Å². The van der Waals surface area contributed by atoms with Gasteiger partial charge < -0.3 is 4.90 Å². The Morgan fingerprint density at radius 2 is 1.87 bits per heavy atom. The normalized spacial score (nSPS) is 14.3. The first-order valence-corrected chi connectivity index (χ1v) is 10.3. The van der Waals surface area contributed by atoms with E-state index in [2.05, 4.69) is 31.5 Å². The highest BCUT2D eigenvalue weighted by atomic mass is 16.2. The van der Waals surface area contributed by atoms with Crippen LogP contribution in [0.5, 0.6) is 0 Å². The number of aromatic nitrogens is 3. The maximum absolute atomic E-state index is 12.7. The Morgan fingerprint density at radius 1 is 1.10 bits per heavy atom. The van der Waals surface area contributed by atoms with Crippen molar-refractivity contribution in [2.24, 2.45) is 5.41 Å². The van der Waals surface area contributed by atoms with E-state index >= 15 is 0 Å². The second-order valence-corrected chi connectivity index (χ2v) is 9.07. The van der Waals surface area contributed by atoms with Crippen molar-refractivity contribution in [2.75, 3.05) is 18.0 Å². The molecule has 0 atom stereocenters. The zero-order chi connectivity index (χ0) is 21.3. The molecule has 1 saturated heterocycles. The standard InChI is InChI=1S/C23H27N5O2/c1-23(2,3)12-20(29)25-22(30)21-18-11-15(6-7-19(18)26-27-21)16-10-17(14-24-13-16)28-8-4-5-9-28/h6-7,10-11,13-14H,4-5,8-9,12H2,1-3H3,(H,26,27)(H,25,29,30). The molecule has 156 valence electrons. The van der Waals surface area contributed by atoms with Gasteiger partial charge in [0.2, 0.25) is 5.91 Å². The van der Waals surface area contributed by atoms with Crippen LogP contribution in [0.4, 0.5) is 5.69 Å². The van der Waals surface area contributed by atoms with Crippen LogP contribution in [0, 0.1) is 5.41 Å². The van der Waals surface area contributed by atoms with E-state index in [1.165, 1.54) is 12.8 Å². The maximum atomic E-state index is 12.7. The molecule has 3 heterocycles. The summed E-state index contributed by atoms with van der Waals surface area (Å²) < 4.78 is 0. The van der Waals surface area contributed by atoms with Gasteiger partial charge in [-0.05, 0) is 42.0 Å². The number of benzene rings is 1. The molecule has 0 saturated carbocycles. The van der Waals surface area contributed by atoms with Gasteiger partial charge in [-0.1, -0.05) is 26.8 Å². The van der Waals surface area contributed by atoms with Crippen LogP contribution in [0.1, 0.15) is 50.5 Å². The molecular weight excluding hydrogens is 378 g/mol. The number of anilines is 1. The predicted molar refractivity (Wildman–Crippen MR) is 117 cm³/mol. The Bertz CT molecular complexity index is 1090. The van der Waals surface area contributed by atoms with Crippen molar-refractivity contribution in [3.05, 3.63) is 42.4 Å². The lowest BCUT2D eigenvalue weighted by Crippen LogP contribution is -2.33. The Balaban J connectivity index is 1.61. The minimum absolute atomic E-state index is 0.196. The molecule has 1 aliphatic heterocycles. The minimum Gasteiger partial charge on any atom is -0.370 e. The van der Waals surface area contributed by atoms with E-state index in [9.17, 15) is 9.59 Å². The van der Waals surface area contributed by atoms with Gasteiger partial charge in [0.05, 0.1) is 17.4 Å². The first-order valence-electron chi connectivity index (χ1n) is 10.3. The van der Waals surface area contributed by atoms with E-state index < -0.39 is 5.91 Å². The summed E-state index contributed by atoms with van der Waals surface area (Å²) in [6, 6.07) is 7.94. The highest BCUT2D eigenvalue weighted by Crippen LogP contribution is 2.29. The molecule has 7 heteroatoms. The average molecular weight is 406 g/mol. The molecule has 30 heavy (non-hydrogen) atoms. The number of rotatable bonds is 4. The van der Waals surface area contributed by atoms with Crippen molar-refractivity contribution in [3.63, 3.8) is 0 Å². The van der Waals surface area contributed by atoms with Crippen LogP contribution in [0.25, 0.3) is 22.0 Å². The first-order chi connectivity index (χ1) is 14.3. The van der Waals surface area contributed by atoms with Gasteiger partial charge in [-0.2, -0.15) is 5.10 Å². The summed E-state index contributed by atoms with van der Waals surface area (Å²) in [5, 5.41) is 10.2.